The first-order valence-electron chi connectivity index (χ1n) is 6.08. The Balaban J connectivity index is 2.01. The number of benzene rings is 1. The second-order valence-electron chi connectivity index (χ2n) is 4.36. The molecule has 5 heteroatoms. The Morgan fingerprint density at radius 3 is 2.89 bits per heavy atom. The Kier molecular flexibility index (Phi) is 4.50. The number of halogens is 1. The zero-order valence-electron chi connectivity index (χ0n) is 11.2. The van der Waals surface area contributed by atoms with Crippen molar-refractivity contribution in [2.24, 2.45) is 0 Å². The lowest BCUT2D eigenvalue weighted by molar-refractivity contribution is 0.385. The van der Waals surface area contributed by atoms with Crippen LogP contribution >= 0.6 is 11.3 Å². The van der Waals surface area contributed by atoms with Gasteiger partial charge in [-0.2, -0.15) is 0 Å². The second kappa shape index (κ2) is 6.12. The third-order valence-corrected chi connectivity index (χ3v) is 3.82. The molecule has 0 saturated heterocycles. The van der Waals surface area contributed by atoms with Gasteiger partial charge in [-0.25, -0.2) is 9.37 Å². The highest BCUT2D eigenvalue weighted by molar-refractivity contribution is 7.11. The van der Waals surface area contributed by atoms with Crippen LogP contribution in [0.4, 0.5) is 4.39 Å². The second-order valence-corrected chi connectivity index (χ2v) is 5.68. The minimum absolute atomic E-state index is 0.110. The molecule has 0 aliphatic heterocycles. The molecule has 0 amide bonds. The van der Waals surface area contributed by atoms with Crippen molar-refractivity contribution >= 4 is 11.3 Å². The van der Waals surface area contributed by atoms with E-state index in [1.165, 1.54) is 18.1 Å². The maximum absolute atomic E-state index is 13.3. The number of hydrogen-bond donors (Lipinski definition) is 1. The van der Waals surface area contributed by atoms with Gasteiger partial charge < -0.3 is 10.1 Å². The highest BCUT2D eigenvalue weighted by Crippen LogP contribution is 2.23. The van der Waals surface area contributed by atoms with E-state index in [9.17, 15) is 4.39 Å². The molecule has 0 aliphatic carbocycles. The molecule has 1 aromatic heterocycles. The molecule has 0 aliphatic rings. The average molecular weight is 280 g/mol. The van der Waals surface area contributed by atoms with Crippen LogP contribution in [0.2, 0.25) is 0 Å². The maximum Gasteiger partial charge on any atom is 0.165 e. The lowest BCUT2D eigenvalue weighted by Gasteiger charge is -2.14. The van der Waals surface area contributed by atoms with Crippen LogP contribution in [-0.4, -0.2) is 12.1 Å². The Bertz CT molecular complexity index is 556. The fourth-order valence-corrected chi connectivity index (χ4v) is 2.53. The van der Waals surface area contributed by atoms with Gasteiger partial charge in [0.05, 0.1) is 7.11 Å². The van der Waals surface area contributed by atoms with E-state index in [0.29, 0.717) is 6.54 Å². The number of nitrogens with zero attached hydrogens (tertiary/aromatic N) is 1. The number of ether oxygens (including phenoxy) is 1. The SMILES string of the molecule is COc1cc(C(C)NCc2ncc(C)s2)ccc1F. The molecule has 19 heavy (non-hydrogen) atoms. The van der Waals surface area contributed by atoms with E-state index in [-0.39, 0.29) is 17.6 Å². The van der Waals surface area contributed by atoms with Gasteiger partial charge in [0, 0.05) is 23.7 Å². The first-order valence-corrected chi connectivity index (χ1v) is 6.90. The van der Waals surface area contributed by atoms with E-state index < -0.39 is 0 Å². The van der Waals surface area contributed by atoms with Crippen LogP contribution in [0.1, 0.15) is 28.4 Å². The van der Waals surface area contributed by atoms with Crippen LogP contribution in [0.5, 0.6) is 5.75 Å². The standard InChI is InChI=1S/C14H17FN2OS/c1-9-7-17-14(19-9)8-16-10(2)11-4-5-12(15)13(6-11)18-3/h4-7,10,16H,8H2,1-3H3. The van der Waals surface area contributed by atoms with Crippen molar-refractivity contribution in [3.63, 3.8) is 0 Å². The predicted octanol–water partition coefficient (Wildman–Crippen LogP) is 3.45. The number of rotatable bonds is 5. The van der Waals surface area contributed by atoms with Crippen LogP contribution < -0.4 is 10.1 Å². The summed E-state index contributed by atoms with van der Waals surface area (Å²) in [6.07, 6.45) is 1.87. The molecule has 1 atom stereocenters. The van der Waals surface area contributed by atoms with Gasteiger partial charge in [-0.15, -0.1) is 11.3 Å². The summed E-state index contributed by atoms with van der Waals surface area (Å²) >= 11 is 1.68. The third kappa shape index (κ3) is 3.52. The van der Waals surface area contributed by atoms with Gasteiger partial charge in [-0.1, -0.05) is 6.07 Å². The molecule has 1 N–H and O–H groups in total. The highest BCUT2D eigenvalue weighted by atomic mass is 32.1. The van der Waals surface area contributed by atoms with Crippen molar-refractivity contribution in [3.8, 4) is 5.75 Å². The number of methoxy groups -OCH3 is 1. The van der Waals surface area contributed by atoms with E-state index in [1.54, 1.807) is 23.5 Å². The summed E-state index contributed by atoms with van der Waals surface area (Å²) in [6, 6.07) is 5.03. The van der Waals surface area contributed by atoms with E-state index in [2.05, 4.69) is 10.3 Å². The molecule has 0 bridgehead atoms. The van der Waals surface area contributed by atoms with Crippen LogP contribution in [0.25, 0.3) is 0 Å². The molecule has 0 fully saturated rings. The fraction of sp³-hybridized carbons (Fsp3) is 0.357. The monoisotopic (exact) mass is 280 g/mol. The lowest BCUT2D eigenvalue weighted by atomic mass is 10.1. The first-order chi connectivity index (χ1) is 9.10. The van der Waals surface area contributed by atoms with Gasteiger partial charge in [0.1, 0.15) is 5.01 Å². The number of hydrogen-bond acceptors (Lipinski definition) is 4. The summed E-state index contributed by atoms with van der Waals surface area (Å²) in [5.74, 6) is -0.0646. The molecular weight excluding hydrogens is 263 g/mol. The van der Waals surface area contributed by atoms with Crippen LogP contribution in [0, 0.1) is 12.7 Å². The Morgan fingerprint density at radius 1 is 1.47 bits per heavy atom. The molecule has 0 radical (unpaired) electrons. The van der Waals surface area contributed by atoms with Crippen molar-refractivity contribution in [1.29, 1.82) is 0 Å². The minimum atomic E-state index is -0.339. The summed E-state index contributed by atoms with van der Waals surface area (Å²) in [5, 5.41) is 4.42. The summed E-state index contributed by atoms with van der Waals surface area (Å²) in [7, 11) is 1.47. The smallest absolute Gasteiger partial charge is 0.165 e. The van der Waals surface area contributed by atoms with Gasteiger partial charge in [0.15, 0.2) is 11.6 Å². The van der Waals surface area contributed by atoms with Gasteiger partial charge in [0.2, 0.25) is 0 Å². The van der Waals surface area contributed by atoms with Gasteiger partial charge in [-0.05, 0) is 31.5 Å². The fourth-order valence-electron chi connectivity index (χ4n) is 1.79. The number of nitrogens with one attached hydrogen (secondary N) is 1. The van der Waals surface area contributed by atoms with Crippen molar-refractivity contribution < 1.29 is 9.13 Å². The van der Waals surface area contributed by atoms with Crippen molar-refractivity contribution in [1.82, 2.24) is 10.3 Å². The van der Waals surface area contributed by atoms with Gasteiger partial charge >= 0.3 is 0 Å². The van der Waals surface area contributed by atoms with Crippen LogP contribution in [0.15, 0.2) is 24.4 Å². The molecule has 0 saturated carbocycles. The normalized spacial score (nSPS) is 12.4. The quantitative estimate of drug-likeness (QED) is 0.911. The molecule has 3 nitrogen and oxygen atoms in total. The topological polar surface area (TPSA) is 34.1 Å². The summed E-state index contributed by atoms with van der Waals surface area (Å²) < 4.78 is 18.3. The molecule has 1 heterocycles. The van der Waals surface area contributed by atoms with Gasteiger partial charge in [-0.3, -0.25) is 0 Å². The molecule has 102 valence electrons. The van der Waals surface area contributed by atoms with Crippen LogP contribution in [0.3, 0.4) is 0 Å². The molecule has 2 aromatic rings. The lowest BCUT2D eigenvalue weighted by Crippen LogP contribution is -2.18. The largest absolute Gasteiger partial charge is 0.494 e. The molecular formula is C14H17FN2OS. The Hall–Kier alpha value is -1.46. The highest BCUT2D eigenvalue weighted by Gasteiger charge is 2.10. The number of thiazole rings is 1. The minimum Gasteiger partial charge on any atom is -0.494 e. The van der Waals surface area contributed by atoms with E-state index in [1.807, 2.05) is 20.0 Å². The van der Waals surface area contributed by atoms with Crippen LogP contribution in [-0.2, 0) is 6.54 Å². The molecule has 0 spiro atoms. The number of aromatic nitrogens is 1. The predicted molar refractivity (Wildman–Crippen MR) is 75.1 cm³/mol. The average Bonchev–Trinajstić information content (AvgIpc) is 2.82. The van der Waals surface area contributed by atoms with Crippen molar-refractivity contribution in [2.75, 3.05) is 7.11 Å². The maximum atomic E-state index is 13.3. The van der Waals surface area contributed by atoms with E-state index in [0.717, 1.165) is 10.6 Å². The zero-order chi connectivity index (χ0) is 13.8. The molecule has 1 aromatic carbocycles. The zero-order valence-corrected chi connectivity index (χ0v) is 12.1. The first kappa shape index (κ1) is 14.0. The van der Waals surface area contributed by atoms with Crippen molar-refractivity contribution in [2.45, 2.75) is 26.4 Å². The van der Waals surface area contributed by atoms with Crippen molar-refractivity contribution in [3.05, 3.63) is 45.7 Å². The summed E-state index contributed by atoms with van der Waals surface area (Å²) in [4.78, 5) is 5.50. The third-order valence-electron chi connectivity index (χ3n) is 2.90. The summed E-state index contributed by atoms with van der Waals surface area (Å²) in [6.45, 7) is 4.78. The molecule has 1 unspecified atom stereocenters. The number of aryl methyl sites for hydroxylation is 1. The van der Waals surface area contributed by atoms with E-state index in [4.69, 9.17) is 4.74 Å². The van der Waals surface area contributed by atoms with Gasteiger partial charge in [0.25, 0.3) is 0 Å². The Labute approximate surface area is 116 Å². The Morgan fingerprint density at radius 2 is 2.26 bits per heavy atom. The summed E-state index contributed by atoms with van der Waals surface area (Å²) in [5.41, 5.74) is 0.992. The molecule has 2 rings (SSSR count). The van der Waals surface area contributed by atoms with E-state index >= 15 is 0 Å².